The molecule has 0 radical (unpaired) electrons. The summed E-state index contributed by atoms with van der Waals surface area (Å²) in [6, 6.07) is 37.2. The van der Waals surface area contributed by atoms with E-state index in [0.717, 1.165) is 32.3 Å². The zero-order valence-electron chi connectivity index (χ0n) is 27.2. The van der Waals surface area contributed by atoms with Gasteiger partial charge in [-0.25, -0.2) is 4.98 Å². The van der Waals surface area contributed by atoms with Crippen molar-refractivity contribution in [1.82, 2.24) is 10.3 Å². The molecule has 0 saturated carbocycles. The van der Waals surface area contributed by atoms with Crippen LogP contribution in [0.4, 0.5) is 16.5 Å². The van der Waals surface area contributed by atoms with Gasteiger partial charge in [0.2, 0.25) is 5.91 Å². The number of thiophene rings is 1. The third-order valence-electron chi connectivity index (χ3n) is 7.46. The highest BCUT2D eigenvalue weighted by Crippen LogP contribution is 2.37. The van der Waals surface area contributed by atoms with Gasteiger partial charge in [0.15, 0.2) is 5.13 Å². The summed E-state index contributed by atoms with van der Waals surface area (Å²) >= 11 is 4.39. The van der Waals surface area contributed by atoms with E-state index in [4.69, 9.17) is 0 Å². The largest absolute Gasteiger partial charge is 0.378 e. The SMILES string of the molecule is CN(C)c1ccc(/C=C(\NC(=O)c2ccccc2)C(=O)Nc2ccc(SC(C(=O)Nc3nc(-c4cccs4)cs3)c3ccccc3)cc2)cc1. The van der Waals surface area contributed by atoms with Crippen LogP contribution in [0.3, 0.4) is 0 Å². The lowest BCUT2D eigenvalue weighted by molar-refractivity contribution is -0.116. The van der Waals surface area contributed by atoms with Gasteiger partial charge in [-0.3, -0.25) is 14.4 Å². The van der Waals surface area contributed by atoms with E-state index in [1.54, 1.807) is 53.8 Å². The zero-order chi connectivity index (χ0) is 34.9. The first-order valence-electron chi connectivity index (χ1n) is 15.6. The predicted molar refractivity (Wildman–Crippen MR) is 207 cm³/mol. The van der Waals surface area contributed by atoms with Crippen molar-refractivity contribution in [2.45, 2.75) is 10.1 Å². The van der Waals surface area contributed by atoms with E-state index in [9.17, 15) is 14.4 Å². The van der Waals surface area contributed by atoms with Gasteiger partial charge < -0.3 is 20.9 Å². The molecule has 6 aromatic rings. The Morgan fingerprint density at radius 3 is 2.14 bits per heavy atom. The molecular formula is C39H33N5O3S3. The molecule has 0 fully saturated rings. The number of carbonyl (C=O) groups excluding carboxylic acids is 3. The first kappa shape index (κ1) is 34.4. The standard InChI is InChI=1S/C39H33N5O3S3/c1-44(2)30-19-15-26(16-20-30)24-32(41-36(45)28-12-7-4-8-13-28)37(46)40-29-17-21-31(22-18-29)50-35(27-10-5-3-6-11-27)38(47)43-39-42-33(25-49-39)34-14-9-23-48-34/h3-25,35H,1-2H3,(H,40,46)(H,41,45)(H,42,43,47)/b32-24-. The second kappa shape index (κ2) is 16.3. The van der Waals surface area contributed by atoms with Crippen LogP contribution in [0, 0.1) is 0 Å². The van der Waals surface area contributed by atoms with Gasteiger partial charge in [-0.15, -0.1) is 34.4 Å². The van der Waals surface area contributed by atoms with Gasteiger partial charge >= 0.3 is 0 Å². The minimum Gasteiger partial charge on any atom is -0.378 e. The topological polar surface area (TPSA) is 103 Å². The number of hydrogen-bond acceptors (Lipinski definition) is 8. The summed E-state index contributed by atoms with van der Waals surface area (Å²) in [5.74, 6) is -1.05. The molecule has 3 amide bonds. The van der Waals surface area contributed by atoms with Gasteiger partial charge in [0.25, 0.3) is 11.8 Å². The van der Waals surface area contributed by atoms with Gasteiger partial charge in [-0.1, -0.05) is 66.7 Å². The number of nitrogens with zero attached hydrogens (tertiary/aromatic N) is 2. The number of thiazole rings is 1. The van der Waals surface area contributed by atoms with Crippen molar-refractivity contribution in [1.29, 1.82) is 0 Å². The minimum absolute atomic E-state index is 0.0974. The molecule has 0 aliphatic heterocycles. The zero-order valence-corrected chi connectivity index (χ0v) is 29.6. The number of hydrogen-bond donors (Lipinski definition) is 3. The molecule has 6 rings (SSSR count). The van der Waals surface area contributed by atoms with Gasteiger partial charge in [-0.2, -0.15) is 0 Å². The molecule has 50 heavy (non-hydrogen) atoms. The van der Waals surface area contributed by atoms with Crippen LogP contribution in [0.5, 0.6) is 0 Å². The molecule has 0 bridgehead atoms. The predicted octanol–water partition coefficient (Wildman–Crippen LogP) is 8.82. The second-order valence-electron chi connectivity index (χ2n) is 11.3. The minimum atomic E-state index is -0.549. The fourth-order valence-corrected chi connectivity index (χ4v) is 7.37. The number of amides is 3. The van der Waals surface area contributed by atoms with Crippen LogP contribution in [0.15, 0.2) is 143 Å². The normalized spacial score (nSPS) is 11.8. The van der Waals surface area contributed by atoms with Crippen molar-refractivity contribution in [3.8, 4) is 10.6 Å². The van der Waals surface area contributed by atoms with Crippen molar-refractivity contribution in [2.24, 2.45) is 0 Å². The highest BCUT2D eigenvalue weighted by Gasteiger charge is 2.24. The van der Waals surface area contributed by atoms with E-state index in [-0.39, 0.29) is 11.6 Å². The molecule has 4 aromatic carbocycles. The van der Waals surface area contributed by atoms with E-state index < -0.39 is 17.1 Å². The molecular weight excluding hydrogens is 683 g/mol. The fourth-order valence-electron chi connectivity index (χ4n) is 4.87. The molecule has 3 N–H and O–H groups in total. The van der Waals surface area contributed by atoms with Gasteiger partial charge in [0.05, 0.1) is 10.6 Å². The average Bonchev–Trinajstić information content (AvgIpc) is 3.85. The number of thioether (sulfide) groups is 1. The summed E-state index contributed by atoms with van der Waals surface area (Å²) in [4.78, 5) is 48.7. The second-order valence-corrected chi connectivity index (χ2v) is 14.2. The Hall–Kier alpha value is -5.49. The highest BCUT2D eigenvalue weighted by molar-refractivity contribution is 8.00. The highest BCUT2D eigenvalue weighted by atomic mass is 32.2. The average molecular weight is 716 g/mol. The van der Waals surface area contributed by atoms with Crippen LogP contribution in [0.2, 0.25) is 0 Å². The van der Waals surface area contributed by atoms with E-state index in [0.29, 0.717) is 16.4 Å². The molecule has 0 spiro atoms. The Bertz CT molecular complexity index is 2080. The molecule has 250 valence electrons. The molecule has 0 saturated heterocycles. The van der Waals surface area contributed by atoms with Crippen molar-refractivity contribution >= 4 is 74.7 Å². The summed E-state index contributed by atoms with van der Waals surface area (Å²) in [6.07, 6.45) is 1.65. The molecule has 2 aromatic heterocycles. The number of nitrogens with one attached hydrogen (secondary N) is 3. The molecule has 0 aliphatic rings. The molecule has 2 heterocycles. The van der Waals surface area contributed by atoms with Gasteiger partial charge in [0.1, 0.15) is 10.9 Å². The van der Waals surface area contributed by atoms with Crippen LogP contribution in [-0.2, 0) is 9.59 Å². The van der Waals surface area contributed by atoms with Gasteiger partial charge in [-0.05, 0) is 77.2 Å². The summed E-state index contributed by atoms with van der Waals surface area (Å²) in [6.45, 7) is 0. The number of rotatable bonds is 12. The maximum atomic E-state index is 13.6. The summed E-state index contributed by atoms with van der Waals surface area (Å²) in [7, 11) is 3.91. The summed E-state index contributed by atoms with van der Waals surface area (Å²) in [5.41, 5.74) is 4.52. The first-order chi connectivity index (χ1) is 24.3. The smallest absolute Gasteiger partial charge is 0.272 e. The fraction of sp³-hybridized carbons (Fsp3) is 0.0769. The van der Waals surface area contributed by atoms with E-state index in [1.807, 2.05) is 115 Å². The van der Waals surface area contributed by atoms with Crippen LogP contribution in [-0.4, -0.2) is 36.8 Å². The third-order valence-corrected chi connectivity index (χ3v) is 10.4. The van der Waals surface area contributed by atoms with E-state index in [1.165, 1.54) is 23.1 Å². The van der Waals surface area contributed by atoms with E-state index in [2.05, 4.69) is 20.9 Å². The Morgan fingerprint density at radius 1 is 0.780 bits per heavy atom. The maximum Gasteiger partial charge on any atom is 0.272 e. The van der Waals surface area contributed by atoms with E-state index >= 15 is 0 Å². The van der Waals surface area contributed by atoms with Crippen LogP contribution >= 0.6 is 34.4 Å². The molecule has 0 aliphatic carbocycles. The monoisotopic (exact) mass is 715 g/mol. The quantitative estimate of drug-likeness (QED) is 0.0865. The lowest BCUT2D eigenvalue weighted by atomic mass is 10.1. The van der Waals surface area contributed by atoms with Crippen molar-refractivity contribution in [3.63, 3.8) is 0 Å². The third kappa shape index (κ3) is 8.94. The molecule has 1 atom stereocenters. The Kier molecular flexibility index (Phi) is 11.2. The summed E-state index contributed by atoms with van der Waals surface area (Å²) < 4.78 is 0. The van der Waals surface area contributed by atoms with Crippen LogP contribution < -0.4 is 20.9 Å². The molecule has 11 heteroatoms. The van der Waals surface area contributed by atoms with Crippen molar-refractivity contribution in [2.75, 3.05) is 29.6 Å². The number of aromatic nitrogens is 1. The number of carbonyl (C=O) groups is 3. The maximum absolute atomic E-state index is 13.6. The van der Waals surface area contributed by atoms with Crippen LogP contribution in [0.1, 0.15) is 26.7 Å². The Morgan fingerprint density at radius 2 is 1.48 bits per heavy atom. The molecule has 8 nitrogen and oxygen atoms in total. The lowest BCUT2D eigenvalue weighted by Gasteiger charge is -2.17. The van der Waals surface area contributed by atoms with Crippen LogP contribution in [0.25, 0.3) is 16.6 Å². The number of benzene rings is 4. The van der Waals surface area contributed by atoms with Crippen molar-refractivity contribution in [3.05, 3.63) is 154 Å². The Balaban J connectivity index is 1.17. The number of anilines is 3. The lowest BCUT2D eigenvalue weighted by Crippen LogP contribution is -2.30. The van der Waals surface area contributed by atoms with Crippen molar-refractivity contribution < 1.29 is 14.4 Å². The van der Waals surface area contributed by atoms with Gasteiger partial charge in [0, 0.05) is 41.3 Å². The Labute approximate surface area is 302 Å². The molecule has 1 unspecified atom stereocenters. The first-order valence-corrected chi connectivity index (χ1v) is 18.2. The summed E-state index contributed by atoms with van der Waals surface area (Å²) in [5, 5.41) is 12.6.